The van der Waals surface area contributed by atoms with E-state index >= 15 is 0 Å². The van der Waals surface area contributed by atoms with Crippen LogP contribution in [-0.2, 0) is 21.2 Å². The number of carbonyl (C=O) groups is 1. The lowest BCUT2D eigenvalue weighted by Crippen LogP contribution is -2.40. The first-order chi connectivity index (χ1) is 14.1. The molecule has 0 bridgehead atoms. The normalized spacial score (nSPS) is 20.7. The SMILES string of the molecule is O=C(c1ccc(S(=O)(=O)N2CCOCC2)cc1)N1CCCC1Cc1ccccc1. The third kappa shape index (κ3) is 4.37. The maximum atomic E-state index is 13.1. The van der Waals surface area contributed by atoms with Crippen molar-refractivity contribution in [1.29, 1.82) is 0 Å². The molecule has 154 valence electrons. The minimum Gasteiger partial charge on any atom is -0.379 e. The van der Waals surface area contributed by atoms with Crippen LogP contribution in [0.15, 0.2) is 59.5 Å². The summed E-state index contributed by atoms with van der Waals surface area (Å²) in [6.07, 6.45) is 2.83. The second-order valence-corrected chi connectivity index (χ2v) is 9.46. The van der Waals surface area contributed by atoms with Gasteiger partial charge >= 0.3 is 0 Å². The molecule has 1 unspecified atom stereocenters. The first-order valence-corrected chi connectivity index (χ1v) is 11.5. The van der Waals surface area contributed by atoms with Crippen LogP contribution in [-0.4, -0.2) is 62.4 Å². The van der Waals surface area contributed by atoms with Crippen LogP contribution in [0, 0.1) is 0 Å². The van der Waals surface area contributed by atoms with Gasteiger partial charge < -0.3 is 9.64 Å². The molecule has 6 nitrogen and oxygen atoms in total. The van der Waals surface area contributed by atoms with E-state index in [-0.39, 0.29) is 16.8 Å². The van der Waals surface area contributed by atoms with Crippen LogP contribution in [0.2, 0.25) is 0 Å². The number of sulfonamides is 1. The summed E-state index contributed by atoms with van der Waals surface area (Å²) < 4.78 is 32.2. The zero-order valence-electron chi connectivity index (χ0n) is 16.4. The predicted molar refractivity (Wildman–Crippen MR) is 110 cm³/mol. The fourth-order valence-corrected chi connectivity index (χ4v) is 5.48. The van der Waals surface area contributed by atoms with Crippen molar-refractivity contribution in [3.63, 3.8) is 0 Å². The molecule has 2 heterocycles. The third-order valence-corrected chi connectivity index (χ3v) is 7.57. The van der Waals surface area contributed by atoms with Gasteiger partial charge in [0.1, 0.15) is 0 Å². The van der Waals surface area contributed by atoms with Crippen molar-refractivity contribution in [1.82, 2.24) is 9.21 Å². The second kappa shape index (κ2) is 8.65. The summed E-state index contributed by atoms with van der Waals surface area (Å²) in [6.45, 7) is 2.28. The highest BCUT2D eigenvalue weighted by atomic mass is 32.2. The maximum absolute atomic E-state index is 13.1. The molecular weight excluding hydrogens is 388 g/mol. The molecule has 2 aliphatic rings. The number of morpholine rings is 1. The second-order valence-electron chi connectivity index (χ2n) is 7.53. The molecule has 0 aliphatic carbocycles. The first-order valence-electron chi connectivity index (χ1n) is 10.1. The maximum Gasteiger partial charge on any atom is 0.254 e. The summed E-state index contributed by atoms with van der Waals surface area (Å²) in [6, 6.07) is 16.7. The van der Waals surface area contributed by atoms with Crippen LogP contribution in [0.25, 0.3) is 0 Å². The Morgan fingerprint density at radius 1 is 0.966 bits per heavy atom. The molecule has 2 aromatic rings. The number of nitrogens with zero attached hydrogens (tertiary/aromatic N) is 2. The zero-order chi connectivity index (χ0) is 20.3. The summed E-state index contributed by atoms with van der Waals surface area (Å²) >= 11 is 0. The lowest BCUT2D eigenvalue weighted by molar-refractivity contribution is 0.0730. The van der Waals surface area contributed by atoms with Gasteiger partial charge in [0, 0.05) is 31.2 Å². The van der Waals surface area contributed by atoms with Crippen LogP contribution < -0.4 is 0 Å². The number of hydrogen-bond donors (Lipinski definition) is 0. The van der Waals surface area contributed by atoms with Gasteiger partial charge in [-0.15, -0.1) is 0 Å². The van der Waals surface area contributed by atoms with Crippen LogP contribution in [0.4, 0.5) is 0 Å². The number of amides is 1. The molecule has 29 heavy (non-hydrogen) atoms. The zero-order valence-corrected chi connectivity index (χ0v) is 17.2. The van der Waals surface area contributed by atoms with Crippen molar-refractivity contribution >= 4 is 15.9 Å². The quantitative estimate of drug-likeness (QED) is 0.754. The van der Waals surface area contributed by atoms with Crippen LogP contribution >= 0.6 is 0 Å². The molecule has 0 saturated carbocycles. The summed E-state index contributed by atoms with van der Waals surface area (Å²) in [5.41, 5.74) is 1.76. The minimum absolute atomic E-state index is 0.0289. The van der Waals surface area contributed by atoms with Crippen molar-refractivity contribution in [3.8, 4) is 0 Å². The number of hydrogen-bond acceptors (Lipinski definition) is 4. The number of ether oxygens (including phenoxy) is 1. The van der Waals surface area contributed by atoms with Gasteiger partial charge in [0.15, 0.2) is 0 Å². The Labute approximate surface area is 172 Å². The molecule has 0 spiro atoms. The minimum atomic E-state index is -3.55. The van der Waals surface area contributed by atoms with E-state index in [9.17, 15) is 13.2 Å². The molecule has 0 aromatic heterocycles. The van der Waals surface area contributed by atoms with E-state index in [2.05, 4.69) is 12.1 Å². The fourth-order valence-electron chi connectivity index (χ4n) is 4.07. The van der Waals surface area contributed by atoms with Crippen molar-refractivity contribution in [2.75, 3.05) is 32.8 Å². The molecule has 2 aliphatic heterocycles. The van der Waals surface area contributed by atoms with Gasteiger partial charge in [-0.05, 0) is 49.1 Å². The summed E-state index contributed by atoms with van der Waals surface area (Å²) in [5.74, 6) is -0.0289. The Kier molecular flexibility index (Phi) is 5.99. The molecule has 1 amide bonds. The molecule has 0 radical (unpaired) electrons. The number of likely N-dealkylation sites (tertiary alicyclic amines) is 1. The fraction of sp³-hybridized carbons (Fsp3) is 0.409. The van der Waals surface area contributed by atoms with Crippen LogP contribution in [0.3, 0.4) is 0 Å². The van der Waals surface area contributed by atoms with E-state index in [1.54, 1.807) is 24.3 Å². The van der Waals surface area contributed by atoms with Gasteiger partial charge in [-0.1, -0.05) is 30.3 Å². The molecule has 2 fully saturated rings. The largest absolute Gasteiger partial charge is 0.379 e. The van der Waals surface area contributed by atoms with E-state index in [1.165, 1.54) is 9.87 Å². The van der Waals surface area contributed by atoms with Gasteiger partial charge in [-0.2, -0.15) is 4.31 Å². The average Bonchev–Trinajstić information content (AvgIpc) is 3.22. The molecule has 4 rings (SSSR count). The van der Waals surface area contributed by atoms with Gasteiger partial charge in [-0.3, -0.25) is 4.79 Å². The van der Waals surface area contributed by atoms with E-state index in [0.29, 0.717) is 31.9 Å². The molecule has 1 atom stereocenters. The molecule has 2 saturated heterocycles. The first kappa shape index (κ1) is 20.1. The van der Waals surface area contributed by atoms with E-state index < -0.39 is 10.0 Å². The summed E-state index contributed by atoms with van der Waals surface area (Å²) in [4.78, 5) is 15.2. The highest BCUT2D eigenvalue weighted by molar-refractivity contribution is 7.89. The molecule has 0 N–H and O–H groups in total. The van der Waals surface area contributed by atoms with E-state index in [0.717, 1.165) is 25.8 Å². The topological polar surface area (TPSA) is 66.9 Å². The monoisotopic (exact) mass is 414 g/mol. The van der Waals surface area contributed by atoms with Crippen molar-refractivity contribution < 1.29 is 17.9 Å². The van der Waals surface area contributed by atoms with Gasteiger partial charge in [0.2, 0.25) is 10.0 Å². The van der Waals surface area contributed by atoms with Gasteiger partial charge in [-0.25, -0.2) is 8.42 Å². The summed E-state index contributed by atoms with van der Waals surface area (Å²) in [7, 11) is -3.55. The van der Waals surface area contributed by atoms with E-state index in [1.807, 2.05) is 23.1 Å². The lowest BCUT2D eigenvalue weighted by Gasteiger charge is -2.26. The Hall–Kier alpha value is -2.22. The number of rotatable bonds is 5. The van der Waals surface area contributed by atoms with Crippen molar-refractivity contribution in [2.24, 2.45) is 0 Å². The highest BCUT2D eigenvalue weighted by Crippen LogP contribution is 2.24. The van der Waals surface area contributed by atoms with Crippen molar-refractivity contribution in [2.45, 2.75) is 30.2 Å². The molecule has 2 aromatic carbocycles. The Morgan fingerprint density at radius 2 is 1.66 bits per heavy atom. The lowest BCUT2D eigenvalue weighted by atomic mass is 10.0. The number of benzene rings is 2. The van der Waals surface area contributed by atoms with Crippen LogP contribution in [0.1, 0.15) is 28.8 Å². The van der Waals surface area contributed by atoms with Crippen molar-refractivity contribution in [3.05, 3.63) is 65.7 Å². The predicted octanol–water partition coefficient (Wildman–Crippen LogP) is 2.55. The standard InChI is InChI=1S/C22H26N2O4S/c25-22(24-12-4-7-20(24)17-18-5-2-1-3-6-18)19-8-10-21(11-9-19)29(26,27)23-13-15-28-16-14-23/h1-3,5-6,8-11,20H,4,7,12-17H2. The van der Waals surface area contributed by atoms with Crippen LogP contribution in [0.5, 0.6) is 0 Å². The van der Waals surface area contributed by atoms with Gasteiger partial charge in [0.25, 0.3) is 5.91 Å². The smallest absolute Gasteiger partial charge is 0.254 e. The van der Waals surface area contributed by atoms with E-state index in [4.69, 9.17) is 4.74 Å². The molecule has 7 heteroatoms. The Balaban J connectivity index is 1.47. The Morgan fingerprint density at radius 3 is 2.34 bits per heavy atom. The van der Waals surface area contributed by atoms with Gasteiger partial charge in [0.05, 0.1) is 18.1 Å². The summed E-state index contributed by atoms with van der Waals surface area (Å²) in [5, 5.41) is 0. The third-order valence-electron chi connectivity index (χ3n) is 5.66. The molecular formula is C22H26N2O4S. The Bertz CT molecular complexity index is 939. The number of carbonyl (C=O) groups excluding carboxylic acids is 1. The highest BCUT2D eigenvalue weighted by Gasteiger charge is 2.30. The average molecular weight is 415 g/mol.